The van der Waals surface area contributed by atoms with Crippen LogP contribution < -0.4 is 10.6 Å². The highest BCUT2D eigenvalue weighted by atomic mass is 35.5. The van der Waals surface area contributed by atoms with Crippen LogP contribution in [-0.4, -0.2) is 30.8 Å². The molecule has 0 aliphatic rings. The summed E-state index contributed by atoms with van der Waals surface area (Å²) in [5.41, 5.74) is 0.844. The maximum Gasteiger partial charge on any atom is 0.237 e. The van der Waals surface area contributed by atoms with Crippen molar-refractivity contribution in [1.29, 1.82) is 0 Å². The number of carbonyl (C=O) groups excluding carboxylic acids is 2. The van der Waals surface area contributed by atoms with Crippen LogP contribution in [-0.2, 0) is 16.0 Å². The number of Topliss-reactive ketones (excluding diaryl/α,β-unsaturated/α-hetero) is 1. The molecule has 1 rings (SSSR count). The molecule has 0 spiro atoms. The van der Waals surface area contributed by atoms with Gasteiger partial charge in [0, 0.05) is 0 Å². The summed E-state index contributed by atoms with van der Waals surface area (Å²) < 4.78 is 0. The molecular formula is C14H18Cl2N2O2. The van der Waals surface area contributed by atoms with Gasteiger partial charge in [-0.3, -0.25) is 9.59 Å². The molecule has 0 saturated carbocycles. The summed E-state index contributed by atoms with van der Waals surface area (Å²) >= 11 is 11.8. The molecule has 1 aromatic rings. The van der Waals surface area contributed by atoms with E-state index in [-0.39, 0.29) is 17.7 Å². The highest BCUT2D eigenvalue weighted by Gasteiger charge is 2.20. The molecule has 0 heterocycles. The fourth-order valence-corrected chi connectivity index (χ4v) is 1.95. The molecule has 2 N–H and O–H groups in total. The van der Waals surface area contributed by atoms with E-state index in [1.807, 2.05) is 0 Å². The first-order valence-electron chi connectivity index (χ1n) is 6.27. The van der Waals surface area contributed by atoms with Gasteiger partial charge in [-0.1, -0.05) is 29.3 Å². The minimum atomic E-state index is -0.574. The van der Waals surface area contributed by atoms with Crippen LogP contribution in [0, 0.1) is 0 Å². The maximum absolute atomic E-state index is 11.8. The fraction of sp³-hybridized carbons (Fsp3) is 0.429. The number of nitrogens with one attached hydrogen (secondary N) is 2. The summed E-state index contributed by atoms with van der Waals surface area (Å²) in [6.07, 6.45) is 0.383. The van der Waals surface area contributed by atoms with Crippen LogP contribution in [0.3, 0.4) is 0 Å². The standard InChI is InChI=1S/C14H18Cl2N2O2/c1-8(17-3)14(20)18-13(9(2)19)7-10-4-5-11(15)12(16)6-10/h4-6,8,13,17H,7H2,1-3H3,(H,18,20)/t8-,13-/m1/s1. The van der Waals surface area contributed by atoms with Crippen LogP contribution in [0.2, 0.25) is 10.0 Å². The van der Waals surface area contributed by atoms with Crippen molar-refractivity contribution in [2.75, 3.05) is 7.05 Å². The summed E-state index contributed by atoms with van der Waals surface area (Å²) in [4.78, 5) is 23.5. The largest absolute Gasteiger partial charge is 0.345 e. The predicted octanol–water partition coefficient (Wildman–Crippen LogP) is 2.22. The molecule has 20 heavy (non-hydrogen) atoms. The molecule has 0 fully saturated rings. The Morgan fingerprint density at radius 2 is 1.90 bits per heavy atom. The van der Waals surface area contributed by atoms with E-state index in [0.717, 1.165) is 5.56 Å². The second-order valence-corrected chi connectivity index (χ2v) is 5.45. The van der Waals surface area contributed by atoms with Crippen molar-refractivity contribution in [2.45, 2.75) is 32.4 Å². The average molecular weight is 317 g/mol. The van der Waals surface area contributed by atoms with Gasteiger partial charge in [0.1, 0.15) is 0 Å². The first-order chi connectivity index (χ1) is 9.35. The van der Waals surface area contributed by atoms with E-state index >= 15 is 0 Å². The topological polar surface area (TPSA) is 58.2 Å². The van der Waals surface area contributed by atoms with Crippen LogP contribution in [0.1, 0.15) is 19.4 Å². The second kappa shape index (κ2) is 7.62. The zero-order valence-corrected chi connectivity index (χ0v) is 13.2. The molecule has 2 atom stereocenters. The lowest BCUT2D eigenvalue weighted by Gasteiger charge is -2.19. The molecule has 4 nitrogen and oxygen atoms in total. The lowest BCUT2D eigenvalue weighted by atomic mass is 10.0. The number of benzene rings is 1. The third kappa shape index (κ3) is 4.78. The van der Waals surface area contributed by atoms with Crippen LogP contribution >= 0.6 is 23.2 Å². The van der Waals surface area contributed by atoms with Crippen molar-refractivity contribution in [3.05, 3.63) is 33.8 Å². The quantitative estimate of drug-likeness (QED) is 0.846. The Bertz CT molecular complexity index is 506. The van der Waals surface area contributed by atoms with Crippen LogP contribution in [0.25, 0.3) is 0 Å². The number of carbonyl (C=O) groups is 2. The number of likely N-dealkylation sites (N-methyl/N-ethyl adjacent to an activating group) is 1. The molecule has 0 saturated heterocycles. The Hall–Kier alpha value is -1.10. The van der Waals surface area contributed by atoms with Gasteiger partial charge in [0.15, 0.2) is 5.78 Å². The number of amides is 1. The molecule has 0 aromatic heterocycles. The Morgan fingerprint density at radius 1 is 1.25 bits per heavy atom. The van der Waals surface area contributed by atoms with Gasteiger partial charge >= 0.3 is 0 Å². The smallest absolute Gasteiger partial charge is 0.237 e. The SMILES string of the molecule is CN[C@H](C)C(=O)N[C@H](Cc1ccc(Cl)c(Cl)c1)C(C)=O. The Kier molecular flexibility index (Phi) is 6.46. The zero-order chi connectivity index (χ0) is 15.3. The molecule has 0 aliphatic heterocycles. The normalized spacial score (nSPS) is 13.7. The first-order valence-corrected chi connectivity index (χ1v) is 7.02. The van der Waals surface area contributed by atoms with E-state index in [4.69, 9.17) is 23.2 Å². The molecule has 1 amide bonds. The minimum absolute atomic E-state index is 0.104. The first kappa shape index (κ1) is 17.0. The number of rotatable bonds is 6. The summed E-state index contributed by atoms with van der Waals surface area (Å²) in [5.74, 6) is -0.319. The lowest BCUT2D eigenvalue weighted by Crippen LogP contribution is -2.48. The Labute approximate surface area is 128 Å². The average Bonchev–Trinajstić information content (AvgIpc) is 2.40. The third-order valence-corrected chi connectivity index (χ3v) is 3.80. The summed E-state index contributed by atoms with van der Waals surface area (Å²) in [6, 6.07) is 4.24. The Morgan fingerprint density at radius 3 is 2.40 bits per heavy atom. The van der Waals surface area contributed by atoms with E-state index in [9.17, 15) is 9.59 Å². The minimum Gasteiger partial charge on any atom is -0.345 e. The molecular weight excluding hydrogens is 299 g/mol. The molecule has 0 unspecified atom stereocenters. The predicted molar refractivity (Wildman–Crippen MR) is 81.3 cm³/mol. The zero-order valence-electron chi connectivity index (χ0n) is 11.7. The van der Waals surface area contributed by atoms with Crippen LogP contribution in [0.15, 0.2) is 18.2 Å². The van der Waals surface area contributed by atoms with Crippen molar-refractivity contribution in [3.63, 3.8) is 0 Å². The third-order valence-electron chi connectivity index (χ3n) is 3.06. The maximum atomic E-state index is 11.8. The van der Waals surface area contributed by atoms with E-state index in [0.29, 0.717) is 16.5 Å². The molecule has 0 bridgehead atoms. The number of hydrogen-bond donors (Lipinski definition) is 2. The van der Waals surface area contributed by atoms with Crippen LogP contribution in [0.5, 0.6) is 0 Å². The highest BCUT2D eigenvalue weighted by molar-refractivity contribution is 6.42. The van der Waals surface area contributed by atoms with E-state index in [1.165, 1.54) is 6.92 Å². The van der Waals surface area contributed by atoms with E-state index < -0.39 is 6.04 Å². The molecule has 6 heteroatoms. The van der Waals surface area contributed by atoms with Gasteiger partial charge in [-0.25, -0.2) is 0 Å². The highest BCUT2D eigenvalue weighted by Crippen LogP contribution is 2.23. The van der Waals surface area contributed by atoms with Crippen molar-refractivity contribution in [1.82, 2.24) is 10.6 Å². The second-order valence-electron chi connectivity index (χ2n) is 4.63. The van der Waals surface area contributed by atoms with E-state index in [1.54, 1.807) is 32.2 Å². The van der Waals surface area contributed by atoms with Crippen LogP contribution in [0.4, 0.5) is 0 Å². The molecule has 1 aromatic carbocycles. The summed E-state index contributed by atoms with van der Waals surface area (Å²) in [7, 11) is 1.69. The number of halogens is 2. The fourth-order valence-electron chi connectivity index (χ4n) is 1.63. The van der Waals surface area contributed by atoms with Gasteiger partial charge in [0.25, 0.3) is 0 Å². The summed E-state index contributed by atoms with van der Waals surface area (Å²) in [5, 5.41) is 6.44. The van der Waals surface area contributed by atoms with Gasteiger partial charge in [-0.2, -0.15) is 0 Å². The van der Waals surface area contributed by atoms with Gasteiger partial charge < -0.3 is 10.6 Å². The molecule has 0 radical (unpaired) electrons. The van der Waals surface area contributed by atoms with Crippen molar-refractivity contribution in [2.24, 2.45) is 0 Å². The van der Waals surface area contributed by atoms with Gasteiger partial charge in [0.2, 0.25) is 5.91 Å². The Balaban J connectivity index is 2.79. The van der Waals surface area contributed by atoms with Gasteiger partial charge in [-0.05, 0) is 45.0 Å². The van der Waals surface area contributed by atoms with Gasteiger partial charge in [0.05, 0.1) is 22.1 Å². The lowest BCUT2D eigenvalue weighted by molar-refractivity contribution is -0.127. The molecule has 110 valence electrons. The van der Waals surface area contributed by atoms with Gasteiger partial charge in [-0.15, -0.1) is 0 Å². The number of ketones is 1. The van der Waals surface area contributed by atoms with E-state index in [2.05, 4.69) is 10.6 Å². The summed E-state index contributed by atoms with van der Waals surface area (Å²) in [6.45, 7) is 3.18. The van der Waals surface area contributed by atoms with Crippen molar-refractivity contribution in [3.8, 4) is 0 Å². The van der Waals surface area contributed by atoms with Crippen molar-refractivity contribution < 1.29 is 9.59 Å². The molecule has 0 aliphatic carbocycles. The monoisotopic (exact) mass is 316 g/mol. The van der Waals surface area contributed by atoms with Crippen molar-refractivity contribution >= 4 is 34.9 Å². The number of hydrogen-bond acceptors (Lipinski definition) is 3.